The molecular formula is C15H15NO4. The highest BCUT2D eigenvalue weighted by atomic mass is 16.5. The van der Waals surface area contributed by atoms with E-state index in [0.717, 1.165) is 5.56 Å². The van der Waals surface area contributed by atoms with E-state index in [2.05, 4.69) is 0 Å². The van der Waals surface area contributed by atoms with Crippen molar-refractivity contribution in [2.45, 2.75) is 6.92 Å². The van der Waals surface area contributed by atoms with Gasteiger partial charge in [0.05, 0.1) is 12.7 Å². The van der Waals surface area contributed by atoms with E-state index in [1.807, 2.05) is 19.1 Å². The summed E-state index contributed by atoms with van der Waals surface area (Å²) >= 11 is 0. The summed E-state index contributed by atoms with van der Waals surface area (Å²) in [7, 11) is 1.56. The van der Waals surface area contributed by atoms with E-state index >= 15 is 0 Å². The Morgan fingerprint density at radius 2 is 1.90 bits per heavy atom. The van der Waals surface area contributed by atoms with Crippen LogP contribution in [0.25, 0.3) is 0 Å². The molecule has 0 unspecified atom stereocenters. The molecule has 0 radical (unpaired) electrons. The Morgan fingerprint density at radius 1 is 1.15 bits per heavy atom. The van der Waals surface area contributed by atoms with E-state index in [-0.39, 0.29) is 11.3 Å². The molecule has 0 saturated heterocycles. The molecule has 0 heterocycles. The first-order chi connectivity index (χ1) is 9.51. The highest BCUT2D eigenvalue weighted by Crippen LogP contribution is 2.33. The van der Waals surface area contributed by atoms with Crippen molar-refractivity contribution in [3.63, 3.8) is 0 Å². The lowest BCUT2D eigenvalue weighted by atomic mass is 10.1. The topological polar surface area (TPSA) is 81.8 Å². The van der Waals surface area contributed by atoms with Gasteiger partial charge in [0.2, 0.25) is 0 Å². The quantitative estimate of drug-likeness (QED) is 0.836. The summed E-state index contributed by atoms with van der Waals surface area (Å²) in [5.74, 6) is 0.531. The molecule has 0 aromatic heterocycles. The van der Waals surface area contributed by atoms with Gasteiger partial charge in [0.1, 0.15) is 5.75 Å². The highest BCUT2D eigenvalue weighted by Gasteiger charge is 2.10. The van der Waals surface area contributed by atoms with Crippen LogP contribution in [0.3, 0.4) is 0 Å². The number of anilines is 1. The number of carboxylic acids is 1. The maximum Gasteiger partial charge on any atom is 0.337 e. The summed E-state index contributed by atoms with van der Waals surface area (Å²) in [6.07, 6.45) is 0. The average Bonchev–Trinajstić information content (AvgIpc) is 2.40. The number of ether oxygens (including phenoxy) is 2. The molecule has 0 aliphatic carbocycles. The molecule has 0 fully saturated rings. The van der Waals surface area contributed by atoms with Crippen LogP contribution in [-0.4, -0.2) is 18.2 Å². The minimum atomic E-state index is -1.07. The van der Waals surface area contributed by atoms with Gasteiger partial charge in [0.15, 0.2) is 11.5 Å². The normalized spacial score (nSPS) is 10.1. The second-order valence-electron chi connectivity index (χ2n) is 4.31. The third-order valence-electron chi connectivity index (χ3n) is 2.80. The number of nitrogens with two attached hydrogens (primary N) is 1. The van der Waals surface area contributed by atoms with Crippen LogP contribution in [-0.2, 0) is 0 Å². The average molecular weight is 273 g/mol. The first-order valence-corrected chi connectivity index (χ1v) is 5.96. The first kappa shape index (κ1) is 13.7. The monoisotopic (exact) mass is 273 g/mol. The zero-order valence-corrected chi connectivity index (χ0v) is 11.2. The molecular weight excluding hydrogens is 258 g/mol. The van der Waals surface area contributed by atoms with E-state index in [4.69, 9.17) is 20.3 Å². The Labute approximate surface area is 116 Å². The van der Waals surface area contributed by atoms with Crippen LogP contribution in [0.2, 0.25) is 0 Å². The Hall–Kier alpha value is -2.69. The fourth-order valence-electron chi connectivity index (χ4n) is 1.79. The lowest BCUT2D eigenvalue weighted by Crippen LogP contribution is -2.02. The van der Waals surface area contributed by atoms with Crippen LogP contribution in [0, 0.1) is 6.92 Å². The van der Waals surface area contributed by atoms with Crippen molar-refractivity contribution in [2.24, 2.45) is 0 Å². The molecule has 0 bridgehead atoms. The van der Waals surface area contributed by atoms with Crippen molar-refractivity contribution >= 4 is 11.7 Å². The lowest BCUT2D eigenvalue weighted by molar-refractivity contribution is 0.0698. The Kier molecular flexibility index (Phi) is 3.79. The minimum absolute atomic E-state index is 0.0493. The molecule has 5 heteroatoms. The van der Waals surface area contributed by atoms with E-state index in [1.54, 1.807) is 19.2 Å². The number of benzene rings is 2. The van der Waals surface area contributed by atoms with Crippen molar-refractivity contribution < 1.29 is 19.4 Å². The van der Waals surface area contributed by atoms with E-state index in [1.165, 1.54) is 12.1 Å². The summed E-state index contributed by atoms with van der Waals surface area (Å²) in [6, 6.07) is 9.97. The second kappa shape index (κ2) is 5.52. The Balaban J connectivity index is 2.31. The number of aromatic carboxylic acids is 1. The van der Waals surface area contributed by atoms with Crippen LogP contribution in [0.4, 0.5) is 5.69 Å². The highest BCUT2D eigenvalue weighted by molar-refractivity contribution is 5.93. The molecule has 2 rings (SSSR count). The van der Waals surface area contributed by atoms with Crippen molar-refractivity contribution in [3.05, 3.63) is 47.5 Å². The fraction of sp³-hybridized carbons (Fsp3) is 0.133. The predicted molar refractivity (Wildman–Crippen MR) is 75.6 cm³/mol. The van der Waals surface area contributed by atoms with Crippen LogP contribution < -0.4 is 15.2 Å². The molecule has 2 aromatic carbocycles. The number of carbonyl (C=O) groups is 1. The van der Waals surface area contributed by atoms with Gasteiger partial charge in [-0.3, -0.25) is 0 Å². The molecule has 0 aliphatic heterocycles. The number of carboxylic acid groups (broad SMARTS) is 1. The molecule has 2 aromatic rings. The maximum absolute atomic E-state index is 10.9. The maximum atomic E-state index is 10.9. The molecule has 0 amide bonds. The van der Waals surface area contributed by atoms with Crippen LogP contribution >= 0.6 is 0 Å². The smallest absolute Gasteiger partial charge is 0.337 e. The number of aryl methyl sites for hydroxylation is 1. The zero-order valence-electron chi connectivity index (χ0n) is 11.2. The number of rotatable bonds is 4. The SMILES string of the molecule is COc1cc(C)ccc1Oc1ccc(C(=O)O)c(N)c1. The minimum Gasteiger partial charge on any atom is -0.493 e. The van der Waals surface area contributed by atoms with Gasteiger partial charge in [-0.25, -0.2) is 4.79 Å². The van der Waals surface area contributed by atoms with Crippen molar-refractivity contribution in [2.75, 3.05) is 12.8 Å². The molecule has 3 N–H and O–H groups in total. The standard InChI is InChI=1S/C15H15NO4/c1-9-3-6-13(14(7-9)19-2)20-10-4-5-11(15(17)18)12(16)8-10/h3-8H,16H2,1-2H3,(H,17,18). The van der Waals surface area contributed by atoms with E-state index < -0.39 is 5.97 Å². The van der Waals surface area contributed by atoms with Crippen molar-refractivity contribution in [3.8, 4) is 17.2 Å². The van der Waals surface area contributed by atoms with Crippen molar-refractivity contribution in [1.29, 1.82) is 0 Å². The lowest BCUT2D eigenvalue weighted by Gasteiger charge is -2.12. The third-order valence-corrected chi connectivity index (χ3v) is 2.80. The predicted octanol–water partition coefficient (Wildman–Crippen LogP) is 3.08. The van der Waals surface area contributed by atoms with Crippen LogP contribution in [0.15, 0.2) is 36.4 Å². The molecule has 0 saturated carbocycles. The van der Waals surface area contributed by atoms with Gasteiger partial charge in [-0.15, -0.1) is 0 Å². The summed E-state index contributed by atoms with van der Waals surface area (Å²) in [5, 5.41) is 8.92. The van der Waals surface area contributed by atoms with Crippen molar-refractivity contribution in [1.82, 2.24) is 0 Å². The number of hydrogen-bond acceptors (Lipinski definition) is 4. The summed E-state index contributed by atoms with van der Waals surface area (Å²) in [6.45, 7) is 1.95. The van der Waals surface area contributed by atoms with Crippen LogP contribution in [0.1, 0.15) is 15.9 Å². The van der Waals surface area contributed by atoms with Gasteiger partial charge in [0, 0.05) is 11.8 Å². The van der Waals surface area contributed by atoms with Gasteiger partial charge in [-0.05, 0) is 36.8 Å². The summed E-state index contributed by atoms with van der Waals surface area (Å²) < 4.78 is 10.9. The number of nitrogen functional groups attached to an aromatic ring is 1. The zero-order chi connectivity index (χ0) is 14.7. The van der Waals surface area contributed by atoms with Gasteiger partial charge >= 0.3 is 5.97 Å². The molecule has 0 spiro atoms. The third kappa shape index (κ3) is 2.83. The first-order valence-electron chi connectivity index (χ1n) is 5.96. The Bertz CT molecular complexity index is 652. The molecule has 5 nitrogen and oxygen atoms in total. The number of hydrogen-bond donors (Lipinski definition) is 2. The molecule has 20 heavy (non-hydrogen) atoms. The van der Waals surface area contributed by atoms with Gasteiger partial charge < -0.3 is 20.3 Å². The van der Waals surface area contributed by atoms with Gasteiger partial charge in [-0.2, -0.15) is 0 Å². The summed E-state index contributed by atoms with van der Waals surface area (Å²) in [5.41, 5.74) is 6.93. The number of methoxy groups -OCH3 is 1. The molecule has 0 aliphatic rings. The summed E-state index contributed by atoms with van der Waals surface area (Å²) in [4.78, 5) is 10.9. The second-order valence-corrected chi connectivity index (χ2v) is 4.31. The van der Waals surface area contributed by atoms with E-state index in [9.17, 15) is 4.79 Å². The van der Waals surface area contributed by atoms with Crippen LogP contribution in [0.5, 0.6) is 17.2 Å². The largest absolute Gasteiger partial charge is 0.493 e. The molecule has 0 atom stereocenters. The van der Waals surface area contributed by atoms with Gasteiger partial charge in [-0.1, -0.05) is 6.07 Å². The van der Waals surface area contributed by atoms with E-state index in [0.29, 0.717) is 17.2 Å². The molecule has 104 valence electrons. The van der Waals surface area contributed by atoms with Gasteiger partial charge in [0.25, 0.3) is 0 Å². The fourth-order valence-corrected chi connectivity index (χ4v) is 1.79. The Morgan fingerprint density at radius 3 is 2.50 bits per heavy atom.